The third kappa shape index (κ3) is 6.71. The topological polar surface area (TPSA) is 58.6 Å². The summed E-state index contributed by atoms with van der Waals surface area (Å²) in [6.07, 6.45) is 3.02. The molecule has 0 spiro atoms. The standard InChI is InChI=1S/C21H25NO3/c1-16(2)11-13-25-20-14-18(8-9-19(20)23)10-12-22-21(24)15-17-6-4-3-5-7-17/h3-9,11,14,23H,10,12-13,15H2,1-2H3,(H,22,24). The maximum absolute atomic E-state index is 11.9. The Morgan fingerprint density at radius 3 is 2.60 bits per heavy atom. The van der Waals surface area contributed by atoms with Crippen LogP contribution in [0.15, 0.2) is 60.2 Å². The second-order valence-corrected chi connectivity index (χ2v) is 6.16. The van der Waals surface area contributed by atoms with Gasteiger partial charge in [0.05, 0.1) is 6.42 Å². The highest BCUT2D eigenvalue weighted by Gasteiger charge is 2.06. The number of carbonyl (C=O) groups is 1. The number of rotatable bonds is 8. The van der Waals surface area contributed by atoms with Gasteiger partial charge in [-0.1, -0.05) is 42.0 Å². The number of carbonyl (C=O) groups excluding carboxylic acids is 1. The first-order chi connectivity index (χ1) is 12.0. The number of hydrogen-bond acceptors (Lipinski definition) is 3. The second-order valence-electron chi connectivity index (χ2n) is 6.16. The molecule has 2 aromatic rings. The summed E-state index contributed by atoms with van der Waals surface area (Å²) in [5.74, 6) is 0.592. The molecule has 0 aliphatic rings. The molecule has 0 fully saturated rings. The average Bonchev–Trinajstić information content (AvgIpc) is 2.58. The Morgan fingerprint density at radius 2 is 1.88 bits per heavy atom. The zero-order chi connectivity index (χ0) is 18.1. The van der Waals surface area contributed by atoms with E-state index < -0.39 is 0 Å². The summed E-state index contributed by atoms with van der Waals surface area (Å²) in [7, 11) is 0. The van der Waals surface area contributed by atoms with Crippen LogP contribution < -0.4 is 10.1 Å². The van der Waals surface area contributed by atoms with E-state index in [0.717, 1.165) is 16.7 Å². The summed E-state index contributed by atoms with van der Waals surface area (Å²) >= 11 is 0. The van der Waals surface area contributed by atoms with Crippen molar-refractivity contribution < 1.29 is 14.6 Å². The minimum atomic E-state index is 0.00464. The smallest absolute Gasteiger partial charge is 0.224 e. The number of aromatic hydroxyl groups is 1. The van der Waals surface area contributed by atoms with E-state index in [1.165, 1.54) is 0 Å². The second kappa shape index (κ2) is 9.52. The van der Waals surface area contributed by atoms with Crippen molar-refractivity contribution in [1.82, 2.24) is 5.32 Å². The van der Waals surface area contributed by atoms with Crippen LogP contribution >= 0.6 is 0 Å². The highest BCUT2D eigenvalue weighted by atomic mass is 16.5. The van der Waals surface area contributed by atoms with Gasteiger partial charge in [0.1, 0.15) is 6.61 Å². The van der Waals surface area contributed by atoms with E-state index in [9.17, 15) is 9.90 Å². The summed E-state index contributed by atoms with van der Waals surface area (Å²) in [5.41, 5.74) is 3.17. The molecule has 132 valence electrons. The predicted molar refractivity (Wildman–Crippen MR) is 99.9 cm³/mol. The first-order valence-corrected chi connectivity index (χ1v) is 8.43. The Balaban J connectivity index is 1.82. The monoisotopic (exact) mass is 339 g/mol. The number of phenols is 1. The van der Waals surface area contributed by atoms with Crippen LogP contribution in [0.3, 0.4) is 0 Å². The van der Waals surface area contributed by atoms with Crippen LogP contribution in [0.1, 0.15) is 25.0 Å². The summed E-state index contributed by atoms with van der Waals surface area (Å²) in [6.45, 7) is 4.96. The number of benzene rings is 2. The lowest BCUT2D eigenvalue weighted by Gasteiger charge is -2.10. The number of amides is 1. The molecule has 0 aliphatic carbocycles. The zero-order valence-electron chi connectivity index (χ0n) is 14.8. The largest absolute Gasteiger partial charge is 0.504 e. The molecule has 0 atom stereocenters. The van der Waals surface area contributed by atoms with Gasteiger partial charge in [0, 0.05) is 6.54 Å². The van der Waals surface area contributed by atoms with Gasteiger partial charge in [-0.3, -0.25) is 4.79 Å². The molecule has 25 heavy (non-hydrogen) atoms. The van der Waals surface area contributed by atoms with Crippen LogP contribution in [0.2, 0.25) is 0 Å². The van der Waals surface area contributed by atoms with Crippen molar-refractivity contribution in [2.75, 3.05) is 13.2 Å². The Labute approximate surface area is 149 Å². The van der Waals surface area contributed by atoms with Crippen molar-refractivity contribution in [3.05, 3.63) is 71.3 Å². The van der Waals surface area contributed by atoms with E-state index in [1.807, 2.05) is 62.4 Å². The van der Waals surface area contributed by atoms with Crippen LogP contribution in [-0.2, 0) is 17.6 Å². The summed E-state index contributed by atoms with van der Waals surface area (Å²) in [6, 6.07) is 14.9. The molecule has 0 aromatic heterocycles. The number of phenolic OH excluding ortho intramolecular Hbond substituents is 1. The molecule has 4 nitrogen and oxygen atoms in total. The molecule has 2 aromatic carbocycles. The molecule has 0 heterocycles. The molecule has 0 bridgehead atoms. The number of ether oxygens (including phenoxy) is 1. The van der Waals surface area contributed by atoms with Gasteiger partial charge in [-0.2, -0.15) is 0 Å². The van der Waals surface area contributed by atoms with Crippen molar-refractivity contribution in [3.8, 4) is 11.5 Å². The average molecular weight is 339 g/mol. The highest BCUT2D eigenvalue weighted by Crippen LogP contribution is 2.27. The number of hydrogen-bond donors (Lipinski definition) is 2. The predicted octanol–water partition coefficient (Wildman–Crippen LogP) is 3.64. The van der Waals surface area contributed by atoms with Crippen molar-refractivity contribution in [3.63, 3.8) is 0 Å². The fourth-order valence-corrected chi connectivity index (χ4v) is 2.32. The van der Waals surface area contributed by atoms with Crippen LogP contribution in [0, 0.1) is 0 Å². The van der Waals surface area contributed by atoms with Gasteiger partial charge >= 0.3 is 0 Å². The van der Waals surface area contributed by atoms with E-state index in [1.54, 1.807) is 6.07 Å². The lowest BCUT2D eigenvalue weighted by Crippen LogP contribution is -2.27. The van der Waals surface area contributed by atoms with Gasteiger partial charge < -0.3 is 15.2 Å². The maximum Gasteiger partial charge on any atom is 0.224 e. The SMILES string of the molecule is CC(C)=CCOc1cc(CCNC(=O)Cc2ccccc2)ccc1O. The summed E-state index contributed by atoms with van der Waals surface area (Å²) in [4.78, 5) is 11.9. The molecule has 0 saturated heterocycles. The molecule has 2 rings (SSSR count). The maximum atomic E-state index is 11.9. The molecule has 0 unspecified atom stereocenters. The molecule has 0 aliphatic heterocycles. The Morgan fingerprint density at radius 1 is 1.12 bits per heavy atom. The van der Waals surface area contributed by atoms with Crippen molar-refractivity contribution >= 4 is 5.91 Å². The normalized spacial score (nSPS) is 10.2. The third-order valence-electron chi connectivity index (χ3n) is 3.70. The first kappa shape index (κ1) is 18.6. The Hall–Kier alpha value is -2.75. The van der Waals surface area contributed by atoms with E-state index >= 15 is 0 Å². The van der Waals surface area contributed by atoms with Gasteiger partial charge in [0.25, 0.3) is 0 Å². The van der Waals surface area contributed by atoms with Gasteiger partial charge in [-0.05, 0) is 49.6 Å². The van der Waals surface area contributed by atoms with Gasteiger partial charge in [-0.25, -0.2) is 0 Å². The highest BCUT2D eigenvalue weighted by molar-refractivity contribution is 5.78. The van der Waals surface area contributed by atoms with Crippen molar-refractivity contribution in [2.24, 2.45) is 0 Å². The van der Waals surface area contributed by atoms with Crippen molar-refractivity contribution in [2.45, 2.75) is 26.7 Å². The van der Waals surface area contributed by atoms with Crippen LogP contribution in [-0.4, -0.2) is 24.2 Å². The molecule has 2 N–H and O–H groups in total. The van der Waals surface area contributed by atoms with Crippen molar-refractivity contribution in [1.29, 1.82) is 0 Å². The fourth-order valence-electron chi connectivity index (χ4n) is 2.32. The molecule has 0 saturated carbocycles. The zero-order valence-corrected chi connectivity index (χ0v) is 14.8. The minimum Gasteiger partial charge on any atom is -0.504 e. The number of allylic oxidation sites excluding steroid dienone is 1. The third-order valence-corrected chi connectivity index (χ3v) is 3.70. The van der Waals surface area contributed by atoms with Crippen LogP contribution in [0.25, 0.3) is 0 Å². The van der Waals surface area contributed by atoms with Crippen LogP contribution in [0.5, 0.6) is 11.5 Å². The molecule has 0 radical (unpaired) electrons. The minimum absolute atomic E-state index is 0.00464. The lowest BCUT2D eigenvalue weighted by atomic mass is 10.1. The molecule has 1 amide bonds. The lowest BCUT2D eigenvalue weighted by molar-refractivity contribution is -0.120. The first-order valence-electron chi connectivity index (χ1n) is 8.43. The fraction of sp³-hybridized carbons (Fsp3) is 0.286. The van der Waals surface area contributed by atoms with E-state index in [2.05, 4.69) is 5.32 Å². The van der Waals surface area contributed by atoms with E-state index in [4.69, 9.17) is 4.74 Å². The van der Waals surface area contributed by atoms with Gasteiger partial charge in [0.2, 0.25) is 5.91 Å². The summed E-state index contributed by atoms with van der Waals surface area (Å²) in [5, 5.41) is 12.8. The number of nitrogens with one attached hydrogen (secondary N) is 1. The van der Waals surface area contributed by atoms with Crippen LogP contribution in [0.4, 0.5) is 0 Å². The Bertz CT molecular complexity index is 719. The molecular weight excluding hydrogens is 314 g/mol. The molecule has 4 heteroatoms. The quantitative estimate of drug-likeness (QED) is 0.722. The molecular formula is C21H25NO3. The summed E-state index contributed by atoms with van der Waals surface area (Å²) < 4.78 is 5.58. The van der Waals surface area contributed by atoms with E-state index in [0.29, 0.717) is 31.7 Å². The van der Waals surface area contributed by atoms with E-state index in [-0.39, 0.29) is 11.7 Å². The van der Waals surface area contributed by atoms with Gasteiger partial charge in [-0.15, -0.1) is 0 Å². The Kier molecular flexibility index (Phi) is 7.08. The van der Waals surface area contributed by atoms with Gasteiger partial charge in [0.15, 0.2) is 11.5 Å².